The van der Waals surface area contributed by atoms with E-state index in [1.807, 2.05) is 13.8 Å². The fraction of sp³-hybridized carbons (Fsp3) is 0.562. The van der Waals surface area contributed by atoms with Crippen LogP contribution < -0.4 is 0 Å². The Labute approximate surface area is 116 Å². The highest BCUT2D eigenvalue weighted by Crippen LogP contribution is 2.13. The molecule has 0 aromatic carbocycles. The van der Waals surface area contributed by atoms with E-state index in [9.17, 15) is 9.90 Å². The molecule has 0 fully saturated rings. The highest BCUT2D eigenvalue weighted by molar-refractivity contribution is 5.82. The van der Waals surface area contributed by atoms with Crippen molar-refractivity contribution in [2.45, 2.75) is 52.6 Å². The Kier molecular flexibility index (Phi) is 8.88. The van der Waals surface area contributed by atoms with Crippen LogP contribution in [-0.2, 0) is 9.53 Å². The maximum absolute atomic E-state index is 11.0. The quantitative estimate of drug-likeness (QED) is 0.415. The molecule has 0 saturated carbocycles. The molecule has 1 unspecified atom stereocenters. The topological polar surface area (TPSA) is 46.5 Å². The molecule has 0 aromatic rings. The van der Waals surface area contributed by atoms with E-state index in [2.05, 4.69) is 24.3 Å². The van der Waals surface area contributed by atoms with Gasteiger partial charge in [-0.15, -0.1) is 0 Å². The minimum absolute atomic E-state index is 0.303. The van der Waals surface area contributed by atoms with Crippen LogP contribution >= 0.6 is 0 Å². The summed E-state index contributed by atoms with van der Waals surface area (Å²) in [4.78, 5) is 11.0. The van der Waals surface area contributed by atoms with Crippen molar-refractivity contribution in [2.24, 2.45) is 0 Å². The summed E-state index contributed by atoms with van der Waals surface area (Å²) in [7, 11) is 1.38. The fourth-order valence-electron chi connectivity index (χ4n) is 1.59. The van der Waals surface area contributed by atoms with Gasteiger partial charge >= 0.3 is 5.97 Å². The van der Waals surface area contributed by atoms with Crippen LogP contribution in [0.5, 0.6) is 0 Å². The number of allylic oxidation sites excluding steroid dienone is 3. The maximum Gasteiger partial charge on any atom is 0.330 e. The standard InChI is InChI=1S/C16H26O3/c1-12(2)15(17)10-9-13(3)7-6-8-14(4)11-16(18)19-5/h7,11,15,17H,1,6,8-10H2,2-5H3/b13-7?,14-11+. The first-order chi connectivity index (χ1) is 8.86. The van der Waals surface area contributed by atoms with E-state index in [0.717, 1.165) is 30.4 Å². The largest absolute Gasteiger partial charge is 0.466 e. The summed E-state index contributed by atoms with van der Waals surface area (Å²) in [6.07, 6.45) is 6.59. The van der Waals surface area contributed by atoms with Crippen LogP contribution in [0.15, 0.2) is 35.5 Å². The Bertz CT molecular complexity index is 364. The number of aliphatic hydroxyl groups excluding tert-OH is 1. The molecule has 0 amide bonds. The van der Waals surface area contributed by atoms with Crippen LogP contribution in [0.2, 0.25) is 0 Å². The maximum atomic E-state index is 11.0. The second-order valence-corrected chi connectivity index (χ2v) is 5.00. The van der Waals surface area contributed by atoms with Crippen molar-refractivity contribution in [2.75, 3.05) is 7.11 Å². The number of ether oxygens (including phenoxy) is 1. The normalized spacial score (nSPS) is 14.2. The molecule has 3 heteroatoms. The summed E-state index contributed by atoms with van der Waals surface area (Å²) in [5, 5.41) is 9.63. The number of esters is 1. The van der Waals surface area contributed by atoms with Crippen LogP contribution in [0.4, 0.5) is 0 Å². The van der Waals surface area contributed by atoms with Gasteiger partial charge in [-0.1, -0.05) is 29.4 Å². The van der Waals surface area contributed by atoms with Gasteiger partial charge in [-0.2, -0.15) is 0 Å². The number of rotatable bonds is 8. The van der Waals surface area contributed by atoms with E-state index in [4.69, 9.17) is 0 Å². The molecule has 0 radical (unpaired) electrons. The molecule has 0 bridgehead atoms. The number of hydrogen-bond donors (Lipinski definition) is 1. The van der Waals surface area contributed by atoms with Crippen molar-refractivity contribution < 1.29 is 14.6 Å². The lowest BCUT2D eigenvalue weighted by molar-refractivity contribution is -0.134. The van der Waals surface area contributed by atoms with Crippen molar-refractivity contribution in [3.8, 4) is 0 Å². The summed E-state index contributed by atoms with van der Waals surface area (Å²) >= 11 is 0. The van der Waals surface area contributed by atoms with Crippen LogP contribution in [-0.4, -0.2) is 24.3 Å². The first-order valence-electron chi connectivity index (χ1n) is 6.61. The molecule has 0 aliphatic rings. The summed E-state index contributed by atoms with van der Waals surface area (Å²) in [6, 6.07) is 0. The summed E-state index contributed by atoms with van der Waals surface area (Å²) in [6.45, 7) is 9.55. The lowest BCUT2D eigenvalue weighted by atomic mass is 10.0. The number of carbonyl (C=O) groups is 1. The Balaban J connectivity index is 4.03. The lowest BCUT2D eigenvalue weighted by Gasteiger charge is -2.09. The number of carbonyl (C=O) groups excluding carboxylic acids is 1. The van der Waals surface area contributed by atoms with Crippen molar-refractivity contribution in [3.63, 3.8) is 0 Å². The van der Waals surface area contributed by atoms with Crippen LogP contribution in [0.25, 0.3) is 0 Å². The molecule has 0 aromatic heterocycles. The zero-order valence-electron chi connectivity index (χ0n) is 12.5. The monoisotopic (exact) mass is 266 g/mol. The average molecular weight is 266 g/mol. The molecule has 19 heavy (non-hydrogen) atoms. The van der Waals surface area contributed by atoms with Crippen molar-refractivity contribution in [1.82, 2.24) is 0 Å². The molecule has 108 valence electrons. The van der Waals surface area contributed by atoms with E-state index in [1.54, 1.807) is 0 Å². The van der Waals surface area contributed by atoms with E-state index < -0.39 is 6.10 Å². The second kappa shape index (κ2) is 9.56. The van der Waals surface area contributed by atoms with Gasteiger partial charge in [0, 0.05) is 6.08 Å². The molecule has 0 aliphatic carbocycles. The predicted molar refractivity (Wildman–Crippen MR) is 78.8 cm³/mol. The zero-order valence-corrected chi connectivity index (χ0v) is 12.5. The van der Waals surface area contributed by atoms with E-state index in [1.165, 1.54) is 18.8 Å². The molecule has 0 saturated heterocycles. The first-order valence-corrected chi connectivity index (χ1v) is 6.61. The van der Waals surface area contributed by atoms with Crippen molar-refractivity contribution in [3.05, 3.63) is 35.5 Å². The van der Waals surface area contributed by atoms with Crippen molar-refractivity contribution in [1.29, 1.82) is 0 Å². The lowest BCUT2D eigenvalue weighted by Crippen LogP contribution is -2.06. The van der Waals surface area contributed by atoms with Gasteiger partial charge in [0.1, 0.15) is 0 Å². The third-order valence-electron chi connectivity index (χ3n) is 2.98. The van der Waals surface area contributed by atoms with Gasteiger partial charge in [0.25, 0.3) is 0 Å². The van der Waals surface area contributed by atoms with Gasteiger partial charge < -0.3 is 9.84 Å². The second-order valence-electron chi connectivity index (χ2n) is 5.00. The van der Waals surface area contributed by atoms with Crippen LogP contribution in [0.1, 0.15) is 46.5 Å². The SMILES string of the molecule is C=C(C)C(O)CCC(C)=CCC/C(C)=C/C(=O)OC. The minimum atomic E-state index is -0.413. The number of methoxy groups -OCH3 is 1. The third kappa shape index (κ3) is 9.25. The Hall–Kier alpha value is -1.35. The third-order valence-corrected chi connectivity index (χ3v) is 2.98. The zero-order chi connectivity index (χ0) is 14.8. The Morgan fingerprint density at radius 2 is 1.89 bits per heavy atom. The van der Waals surface area contributed by atoms with Gasteiger partial charge in [-0.05, 0) is 46.5 Å². The van der Waals surface area contributed by atoms with E-state index in [-0.39, 0.29) is 5.97 Å². The molecule has 0 heterocycles. The van der Waals surface area contributed by atoms with Gasteiger partial charge in [-0.25, -0.2) is 4.79 Å². The van der Waals surface area contributed by atoms with E-state index in [0.29, 0.717) is 6.42 Å². The molecular formula is C16H26O3. The van der Waals surface area contributed by atoms with Crippen molar-refractivity contribution >= 4 is 5.97 Å². The van der Waals surface area contributed by atoms with Crippen LogP contribution in [0, 0.1) is 0 Å². The average Bonchev–Trinajstić information content (AvgIpc) is 2.35. The summed E-state index contributed by atoms with van der Waals surface area (Å²) in [5.74, 6) is -0.303. The minimum Gasteiger partial charge on any atom is -0.466 e. The van der Waals surface area contributed by atoms with Crippen LogP contribution in [0.3, 0.4) is 0 Å². The predicted octanol–water partition coefficient (Wildman–Crippen LogP) is 3.55. The summed E-state index contributed by atoms with van der Waals surface area (Å²) in [5.41, 5.74) is 3.08. The molecular weight excluding hydrogens is 240 g/mol. The fourth-order valence-corrected chi connectivity index (χ4v) is 1.59. The molecule has 0 spiro atoms. The highest BCUT2D eigenvalue weighted by Gasteiger charge is 2.04. The number of hydrogen-bond acceptors (Lipinski definition) is 3. The van der Waals surface area contributed by atoms with Gasteiger partial charge in [0.05, 0.1) is 13.2 Å². The highest BCUT2D eigenvalue weighted by atomic mass is 16.5. The smallest absolute Gasteiger partial charge is 0.330 e. The molecule has 3 nitrogen and oxygen atoms in total. The van der Waals surface area contributed by atoms with Gasteiger partial charge in [0.15, 0.2) is 0 Å². The molecule has 0 aliphatic heterocycles. The Morgan fingerprint density at radius 1 is 1.26 bits per heavy atom. The molecule has 1 atom stereocenters. The molecule has 1 N–H and O–H groups in total. The Morgan fingerprint density at radius 3 is 2.42 bits per heavy atom. The van der Waals surface area contributed by atoms with Gasteiger partial charge in [-0.3, -0.25) is 0 Å². The van der Waals surface area contributed by atoms with Gasteiger partial charge in [0.2, 0.25) is 0 Å². The molecule has 0 rings (SSSR count). The first kappa shape index (κ1) is 17.6. The van der Waals surface area contributed by atoms with E-state index >= 15 is 0 Å². The number of aliphatic hydroxyl groups is 1. The summed E-state index contributed by atoms with van der Waals surface area (Å²) < 4.78 is 4.57.